The third-order valence-corrected chi connectivity index (χ3v) is 3.19. The topological polar surface area (TPSA) is 66.9 Å². The fourth-order valence-electron chi connectivity index (χ4n) is 2.01. The molecule has 22 heavy (non-hydrogen) atoms. The van der Waals surface area contributed by atoms with Gasteiger partial charge in [-0.15, -0.1) is 0 Å². The van der Waals surface area contributed by atoms with Gasteiger partial charge in [-0.3, -0.25) is 4.79 Å². The Morgan fingerprint density at radius 2 is 2.00 bits per heavy atom. The lowest BCUT2D eigenvalue weighted by Crippen LogP contribution is -2.17. The Labute approximate surface area is 131 Å². The minimum Gasteiger partial charge on any atom is -0.354 e. The molecule has 0 bridgehead atoms. The maximum Gasteiger partial charge on any atom is 0.274 e. The smallest absolute Gasteiger partial charge is 0.274 e. The van der Waals surface area contributed by atoms with Gasteiger partial charge in [0, 0.05) is 18.4 Å². The molecule has 116 valence electrons. The summed E-state index contributed by atoms with van der Waals surface area (Å²) in [6.45, 7) is 8.96. The van der Waals surface area contributed by atoms with Crippen molar-refractivity contribution in [2.24, 2.45) is 5.92 Å². The van der Waals surface area contributed by atoms with E-state index in [0.29, 0.717) is 17.6 Å². The van der Waals surface area contributed by atoms with Crippen molar-refractivity contribution < 1.29 is 4.79 Å². The Bertz CT molecular complexity index is 667. The number of aryl methyl sites for hydroxylation is 2. The number of carbonyl (C=O) groups is 1. The lowest BCUT2D eigenvalue weighted by molar-refractivity contribution is 0.102. The highest BCUT2D eigenvalue weighted by Crippen LogP contribution is 2.17. The van der Waals surface area contributed by atoms with Crippen LogP contribution in [0.25, 0.3) is 0 Å². The Hall–Kier alpha value is -2.43. The first kappa shape index (κ1) is 15.9. The summed E-state index contributed by atoms with van der Waals surface area (Å²) >= 11 is 0. The molecule has 5 nitrogen and oxygen atoms in total. The number of rotatable bonds is 5. The SMILES string of the molecule is Cc1ccc(NC(=O)c2ccnc(NCC(C)C)n2)c(C)c1. The molecule has 1 amide bonds. The van der Waals surface area contributed by atoms with Crippen LogP contribution in [0, 0.1) is 19.8 Å². The summed E-state index contributed by atoms with van der Waals surface area (Å²) in [6, 6.07) is 7.52. The van der Waals surface area contributed by atoms with Crippen LogP contribution in [0.5, 0.6) is 0 Å². The molecule has 0 unspecified atom stereocenters. The van der Waals surface area contributed by atoms with E-state index in [4.69, 9.17) is 0 Å². The second kappa shape index (κ2) is 7.02. The van der Waals surface area contributed by atoms with Crippen LogP contribution in [0.2, 0.25) is 0 Å². The van der Waals surface area contributed by atoms with E-state index in [0.717, 1.165) is 23.4 Å². The second-order valence-electron chi connectivity index (χ2n) is 5.81. The molecule has 1 aromatic carbocycles. The summed E-state index contributed by atoms with van der Waals surface area (Å²) in [6.07, 6.45) is 1.59. The molecule has 5 heteroatoms. The minimum absolute atomic E-state index is 0.234. The van der Waals surface area contributed by atoms with Crippen LogP contribution in [0.4, 0.5) is 11.6 Å². The van der Waals surface area contributed by atoms with Gasteiger partial charge in [-0.1, -0.05) is 31.5 Å². The van der Waals surface area contributed by atoms with Crippen LogP contribution < -0.4 is 10.6 Å². The summed E-state index contributed by atoms with van der Waals surface area (Å²) in [4.78, 5) is 20.7. The highest BCUT2D eigenvalue weighted by atomic mass is 16.1. The molecule has 0 spiro atoms. The van der Waals surface area contributed by atoms with E-state index >= 15 is 0 Å². The maximum absolute atomic E-state index is 12.3. The first-order valence-electron chi connectivity index (χ1n) is 7.41. The molecular weight excluding hydrogens is 276 g/mol. The van der Waals surface area contributed by atoms with Gasteiger partial charge in [0.15, 0.2) is 0 Å². The molecule has 0 radical (unpaired) electrons. The molecule has 0 aliphatic rings. The van der Waals surface area contributed by atoms with Gasteiger partial charge < -0.3 is 10.6 Å². The van der Waals surface area contributed by atoms with E-state index in [1.54, 1.807) is 12.3 Å². The van der Waals surface area contributed by atoms with Gasteiger partial charge in [0.2, 0.25) is 5.95 Å². The number of amides is 1. The number of hydrogen-bond acceptors (Lipinski definition) is 4. The molecule has 2 rings (SSSR count). The number of nitrogens with one attached hydrogen (secondary N) is 2. The van der Waals surface area contributed by atoms with Crippen LogP contribution in [-0.4, -0.2) is 22.4 Å². The first-order valence-corrected chi connectivity index (χ1v) is 7.41. The quantitative estimate of drug-likeness (QED) is 0.887. The average Bonchev–Trinajstić information content (AvgIpc) is 2.48. The molecule has 1 heterocycles. The lowest BCUT2D eigenvalue weighted by atomic mass is 10.1. The third-order valence-electron chi connectivity index (χ3n) is 3.19. The molecule has 0 saturated heterocycles. The van der Waals surface area contributed by atoms with Gasteiger partial charge >= 0.3 is 0 Å². The zero-order valence-corrected chi connectivity index (χ0v) is 13.5. The zero-order valence-electron chi connectivity index (χ0n) is 13.5. The van der Waals surface area contributed by atoms with Gasteiger partial charge in [-0.25, -0.2) is 9.97 Å². The van der Waals surface area contributed by atoms with E-state index < -0.39 is 0 Å². The van der Waals surface area contributed by atoms with Gasteiger partial charge in [0.25, 0.3) is 5.91 Å². The van der Waals surface area contributed by atoms with Gasteiger partial charge in [-0.2, -0.15) is 0 Å². The lowest BCUT2D eigenvalue weighted by Gasteiger charge is -2.10. The molecule has 0 atom stereocenters. The standard InChI is InChI=1S/C17H22N4O/c1-11(2)10-19-17-18-8-7-15(21-17)16(22)20-14-6-5-12(3)9-13(14)4/h5-9,11H,10H2,1-4H3,(H,20,22)(H,18,19,21). The van der Waals surface area contributed by atoms with Crippen molar-refractivity contribution in [3.63, 3.8) is 0 Å². The van der Waals surface area contributed by atoms with Crippen LogP contribution in [0.15, 0.2) is 30.5 Å². The molecular formula is C17H22N4O. The fourth-order valence-corrected chi connectivity index (χ4v) is 2.01. The van der Waals surface area contributed by atoms with Crippen LogP contribution in [0.1, 0.15) is 35.5 Å². The monoisotopic (exact) mass is 298 g/mol. The number of benzene rings is 1. The Morgan fingerprint density at radius 3 is 2.68 bits per heavy atom. The van der Waals surface area contributed by atoms with Crippen molar-refractivity contribution in [3.05, 3.63) is 47.3 Å². The summed E-state index contributed by atoms with van der Waals surface area (Å²) in [5.41, 5.74) is 3.34. The fraction of sp³-hybridized carbons (Fsp3) is 0.353. The predicted molar refractivity (Wildman–Crippen MR) is 89.2 cm³/mol. The van der Waals surface area contributed by atoms with Crippen molar-refractivity contribution in [2.45, 2.75) is 27.7 Å². The summed E-state index contributed by atoms with van der Waals surface area (Å²) < 4.78 is 0. The Kier molecular flexibility index (Phi) is 5.09. The van der Waals surface area contributed by atoms with E-state index in [1.807, 2.05) is 32.0 Å². The zero-order chi connectivity index (χ0) is 16.1. The minimum atomic E-state index is -0.234. The highest BCUT2D eigenvalue weighted by Gasteiger charge is 2.10. The number of nitrogens with zero attached hydrogens (tertiary/aromatic N) is 2. The Morgan fingerprint density at radius 1 is 1.23 bits per heavy atom. The molecule has 2 N–H and O–H groups in total. The molecule has 0 fully saturated rings. The van der Waals surface area contributed by atoms with Crippen LogP contribution >= 0.6 is 0 Å². The number of carbonyl (C=O) groups excluding carboxylic acids is 1. The molecule has 2 aromatic rings. The van der Waals surface area contributed by atoms with Crippen LogP contribution in [-0.2, 0) is 0 Å². The first-order chi connectivity index (χ1) is 10.5. The summed E-state index contributed by atoms with van der Waals surface area (Å²) in [7, 11) is 0. The highest BCUT2D eigenvalue weighted by molar-refractivity contribution is 6.03. The Balaban J connectivity index is 2.10. The van der Waals surface area contributed by atoms with Crippen molar-refractivity contribution in [3.8, 4) is 0 Å². The number of anilines is 2. The van der Waals surface area contributed by atoms with Gasteiger partial charge in [0.1, 0.15) is 5.69 Å². The maximum atomic E-state index is 12.3. The van der Waals surface area contributed by atoms with E-state index in [9.17, 15) is 4.79 Å². The van der Waals surface area contributed by atoms with E-state index in [2.05, 4.69) is 34.4 Å². The van der Waals surface area contributed by atoms with Crippen molar-refractivity contribution >= 4 is 17.5 Å². The normalized spacial score (nSPS) is 10.6. The van der Waals surface area contributed by atoms with Crippen LogP contribution in [0.3, 0.4) is 0 Å². The summed E-state index contributed by atoms with van der Waals surface area (Å²) in [5, 5.41) is 6.01. The van der Waals surface area contributed by atoms with E-state index in [-0.39, 0.29) is 5.91 Å². The predicted octanol–water partition coefficient (Wildman–Crippen LogP) is 3.41. The molecule has 0 saturated carbocycles. The number of aromatic nitrogens is 2. The van der Waals surface area contributed by atoms with Gasteiger partial charge in [-0.05, 0) is 37.5 Å². The van der Waals surface area contributed by atoms with Crippen molar-refractivity contribution in [1.82, 2.24) is 9.97 Å². The molecule has 1 aromatic heterocycles. The second-order valence-corrected chi connectivity index (χ2v) is 5.81. The van der Waals surface area contributed by atoms with Crippen molar-refractivity contribution in [2.75, 3.05) is 17.2 Å². The average molecular weight is 298 g/mol. The largest absolute Gasteiger partial charge is 0.354 e. The third kappa shape index (κ3) is 4.28. The molecule has 0 aliphatic heterocycles. The van der Waals surface area contributed by atoms with E-state index in [1.165, 1.54) is 0 Å². The number of hydrogen-bond donors (Lipinski definition) is 2. The van der Waals surface area contributed by atoms with Crippen molar-refractivity contribution in [1.29, 1.82) is 0 Å². The summed E-state index contributed by atoms with van der Waals surface area (Å²) in [5.74, 6) is 0.722. The van der Waals surface area contributed by atoms with Gasteiger partial charge in [0.05, 0.1) is 0 Å². The molecule has 0 aliphatic carbocycles.